The second kappa shape index (κ2) is 9.46. The van der Waals surface area contributed by atoms with Crippen LogP contribution in [0.1, 0.15) is 36.2 Å². The van der Waals surface area contributed by atoms with Gasteiger partial charge in [0.15, 0.2) is 0 Å². The highest BCUT2D eigenvalue weighted by Gasteiger charge is 2.22. The Morgan fingerprint density at radius 2 is 1.55 bits per heavy atom. The number of fused-ring (bicyclic) bond motifs is 1. The number of hydrogen-bond donors (Lipinski definition) is 0. The van der Waals surface area contributed by atoms with E-state index in [2.05, 4.69) is 56.9 Å². The summed E-state index contributed by atoms with van der Waals surface area (Å²) in [5.41, 5.74) is 6.79. The van der Waals surface area contributed by atoms with Gasteiger partial charge in [-0.2, -0.15) is 5.10 Å². The fraction of sp³-hybridized carbons (Fsp3) is 0.423. The first-order valence-electron chi connectivity index (χ1n) is 11.7. The van der Waals surface area contributed by atoms with Gasteiger partial charge in [0.05, 0.1) is 11.4 Å². The number of aryl methyl sites for hydroxylation is 1. The Bertz CT molecular complexity index is 988. The average Bonchev–Trinajstić information content (AvgIpc) is 3.19. The van der Waals surface area contributed by atoms with Gasteiger partial charge in [-0.25, -0.2) is 4.68 Å². The van der Waals surface area contributed by atoms with E-state index in [1.807, 2.05) is 12.1 Å². The fourth-order valence-electron chi connectivity index (χ4n) is 5.01. The molecule has 0 bridgehead atoms. The Labute approximate surface area is 190 Å². The molecule has 0 radical (unpaired) electrons. The van der Waals surface area contributed by atoms with Crippen LogP contribution in [0.5, 0.6) is 0 Å². The second-order valence-electron chi connectivity index (χ2n) is 8.74. The highest BCUT2D eigenvalue weighted by molar-refractivity contribution is 6.30. The smallest absolute Gasteiger partial charge is 0.0664 e. The van der Waals surface area contributed by atoms with Crippen LogP contribution in [0.15, 0.2) is 54.6 Å². The predicted molar refractivity (Wildman–Crippen MR) is 129 cm³/mol. The van der Waals surface area contributed by atoms with Crippen LogP contribution in [0.3, 0.4) is 0 Å². The summed E-state index contributed by atoms with van der Waals surface area (Å²) in [5.74, 6) is 0. The van der Waals surface area contributed by atoms with Crippen molar-refractivity contribution < 1.29 is 0 Å². The van der Waals surface area contributed by atoms with Gasteiger partial charge in [0.25, 0.3) is 0 Å². The Balaban J connectivity index is 1.18. The standard InChI is InChI=1S/C26H31ClN4/c27-21-12-14-22(15-13-21)30-19-17-29(18-20-30)16-6-10-25-24-9-4-5-11-26(24)31(28-25)23-7-2-1-3-8-23/h1-3,7-8,12-15H,4-6,9-11,16-20H2. The molecule has 162 valence electrons. The molecule has 1 fully saturated rings. The summed E-state index contributed by atoms with van der Waals surface area (Å²) in [6.07, 6.45) is 7.19. The summed E-state index contributed by atoms with van der Waals surface area (Å²) < 4.78 is 2.22. The first-order chi connectivity index (χ1) is 15.3. The molecule has 31 heavy (non-hydrogen) atoms. The number of piperazine rings is 1. The zero-order chi connectivity index (χ0) is 21.0. The Hall–Kier alpha value is -2.30. The minimum Gasteiger partial charge on any atom is -0.369 e. The van der Waals surface area contributed by atoms with Gasteiger partial charge in [0.2, 0.25) is 0 Å². The van der Waals surface area contributed by atoms with Crippen molar-refractivity contribution in [3.63, 3.8) is 0 Å². The summed E-state index contributed by atoms with van der Waals surface area (Å²) in [4.78, 5) is 5.07. The lowest BCUT2D eigenvalue weighted by molar-refractivity contribution is 0.255. The fourth-order valence-corrected chi connectivity index (χ4v) is 5.14. The van der Waals surface area contributed by atoms with Crippen LogP contribution < -0.4 is 4.90 Å². The number of benzene rings is 2. The molecular weight excluding hydrogens is 404 g/mol. The first kappa shape index (κ1) is 20.6. The monoisotopic (exact) mass is 434 g/mol. The maximum Gasteiger partial charge on any atom is 0.0664 e. The van der Waals surface area contributed by atoms with Crippen molar-refractivity contribution in [2.45, 2.75) is 38.5 Å². The van der Waals surface area contributed by atoms with Gasteiger partial charge < -0.3 is 4.90 Å². The molecule has 1 aromatic heterocycles. The van der Waals surface area contributed by atoms with Gasteiger partial charge >= 0.3 is 0 Å². The van der Waals surface area contributed by atoms with E-state index < -0.39 is 0 Å². The third-order valence-corrected chi connectivity index (χ3v) is 6.97. The lowest BCUT2D eigenvalue weighted by Crippen LogP contribution is -2.46. The molecule has 2 aromatic carbocycles. The number of para-hydroxylation sites is 1. The third kappa shape index (κ3) is 4.65. The molecule has 0 amide bonds. The lowest BCUT2D eigenvalue weighted by Gasteiger charge is -2.36. The molecule has 0 saturated carbocycles. The topological polar surface area (TPSA) is 24.3 Å². The maximum absolute atomic E-state index is 6.03. The van der Waals surface area contributed by atoms with E-state index in [0.29, 0.717) is 0 Å². The van der Waals surface area contributed by atoms with Gasteiger partial charge in [-0.15, -0.1) is 0 Å². The van der Waals surface area contributed by atoms with Crippen LogP contribution in [-0.2, 0) is 19.3 Å². The molecule has 0 unspecified atom stereocenters. The molecule has 0 spiro atoms. The Kier molecular flexibility index (Phi) is 6.28. The molecule has 3 aromatic rings. The van der Waals surface area contributed by atoms with E-state index in [-0.39, 0.29) is 0 Å². The van der Waals surface area contributed by atoms with Crippen molar-refractivity contribution in [3.8, 4) is 5.69 Å². The van der Waals surface area contributed by atoms with Gasteiger partial charge in [-0.1, -0.05) is 29.8 Å². The molecule has 0 atom stereocenters. The van der Waals surface area contributed by atoms with Crippen LogP contribution in [-0.4, -0.2) is 47.4 Å². The summed E-state index contributed by atoms with van der Waals surface area (Å²) in [7, 11) is 0. The second-order valence-corrected chi connectivity index (χ2v) is 9.17. The van der Waals surface area contributed by atoms with E-state index in [4.69, 9.17) is 16.7 Å². The zero-order valence-corrected chi connectivity index (χ0v) is 18.9. The first-order valence-corrected chi connectivity index (χ1v) is 12.0. The van der Waals surface area contributed by atoms with Crippen molar-refractivity contribution in [3.05, 3.63) is 76.6 Å². The summed E-state index contributed by atoms with van der Waals surface area (Å²) in [6.45, 7) is 5.57. The molecule has 4 nitrogen and oxygen atoms in total. The van der Waals surface area contributed by atoms with Crippen LogP contribution in [0.4, 0.5) is 5.69 Å². The van der Waals surface area contributed by atoms with Crippen molar-refractivity contribution >= 4 is 17.3 Å². The summed E-state index contributed by atoms with van der Waals surface area (Å²) in [5, 5.41) is 5.89. The lowest BCUT2D eigenvalue weighted by atomic mass is 9.94. The molecule has 0 N–H and O–H groups in total. The highest BCUT2D eigenvalue weighted by atomic mass is 35.5. The number of aromatic nitrogens is 2. The number of nitrogens with zero attached hydrogens (tertiary/aromatic N) is 4. The largest absolute Gasteiger partial charge is 0.369 e. The number of anilines is 1. The molecule has 5 rings (SSSR count). The molecule has 1 saturated heterocycles. The number of rotatable bonds is 6. The van der Waals surface area contributed by atoms with Crippen molar-refractivity contribution in [1.29, 1.82) is 0 Å². The van der Waals surface area contributed by atoms with Crippen LogP contribution >= 0.6 is 11.6 Å². The van der Waals surface area contributed by atoms with Crippen LogP contribution in [0.2, 0.25) is 5.02 Å². The SMILES string of the molecule is Clc1ccc(N2CCN(CCCc3nn(-c4ccccc4)c4c3CCCC4)CC2)cc1. The van der Waals surface area contributed by atoms with Crippen LogP contribution in [0, 0.1) is 0 Å². The van der Waals surface area contributed by atoms with E-state index in [0.717, 1.165) is 50.6 Å². The molecular formula is C26H31ClN4. The van der Waals surface area contributed by atoms with Gasteiger partial charge in [0, 0.05) is 42.6 Å². The van der Waals surface area contributed by atoms with E-state index in [9.17, 15) is 0 Å². The molecule has 2 heterocycles. The van der Waals surface area contributed by atoms with Crippen LogP contribution in [0.25, 0.3) is 5.69 Å². The maximum atomic E-state index is 6.03. The quantitative estimate of drug-likeness (QED) is 0.535. The molecule has 2 aliphatic rings. The van der Waals surface area contributed by atoms with E-state index in [1.165, 1.54) is 54.0 Å². The number of hydrogen-bond acceptors (Lipinski definition) is 3. The predicted octanol–water partition coefficient (Wildman–Crippen LogP) is 5.16. The third-order valence-electron chi connectivity index (χ3n) is 6.72. The highest BCUT2D eigenvalue weighted by Crippen LogP contribution is 2.28. The minimum absolute atomic E-state index is 0.805. The van der Waals surface area contributed by atoms with Crippen molar-refractivity contribution in [1.82, 2.24) is 14.7 Å². The molecule has 1 aliphatic heterocycles. The summed E-state index contributed by atoms with van der Waals surface area (Å²) >= 11 is 6.03. The van der Waals surface area contributed by atoms with Gasteiger partial charge in [0.1, 0.15) is 0 Å². The van der Waals surface area contributed by atoms with Gasteiger partial charge in [-0.05, 0) is 87.0 Å². The molecule has 5 heteroatoms. The zero-order valence-electron chi connectivity index (χ0n) is 18.1. The van der Waals surface area contributed by atoms with E-state index in [1.54, 1.807) is 0 Å². The normalized spacial score (nSPS) is 17.0. The van der Waals surface area contributed by atoms with Gasteiger partial charge in [-0.3, -0.25) is 4.90 Å². The average molecular weight is 435 g/mol. The Morgan fingerprint density at radius 1 is 0.806 bits per heavy atom. The minimum atomic E-state index is 0.805. The Morgan fingerprint density at radius 3 is 2.32 bits per heavy atom. The number of halogens is 1. The van der Waals surface area contributed by atoms with Crippen molar-refractivity contribution in [2.24, 2.45) is 0 Å². The molecule has 1 aliphatic carbocycles. The van der Waals surface area contributed by atoms with Crippen molar-refractivity contribution in [2.75, 3.05) is 37.6 Å². The van der Waals surface area contributed by atoms with E-state index >= 15 is 0 Å². The summed E-state index contributed by atoms with van der Waals surface area (Å²) in [6, 6.07) is 18.9.